The zero-order valence-corrected chi connectivity index (χ0v) is 16.9. The van der Waals surface area contributed by atoms with Gasteiger partial charge in [-0.3, -0.25) is 9.78 Å². The van der Waals surface area contributed by atoms with Gasteiger partial charge in [-0.1, -0.05) is 19.1 Å². The Morgan fingerprint density at radius 1 is 1.14 bits per heavy atom. The topological polar surface area (TPSA) is 67.5 Å². The third-order valence-electron chi connectivity index (χ3n) is 5.50. The van der Waals surface area contributed by atoms with Gasteiger partial charge in [-0.15, -0.1) is 0 Å². The van der Waals surface area contributed by atoms with E-state index in [-0.39, 0.29) is 6.42 Å². The number of rotatable bonds is 7. The first kappa shape index (κ1) is 19.1. The average Bonchev–Trinajstić information content (AvgIpc) is 3.12. The standard InChI is InChI=1S/C24H25N3O2/c1-3-19-11-13-22-24(18-10-12-21-17(15-18)7-6-14-25-21)20(16(2)26-27(19)22)8-4-5-9-23(28)29/h6-7,10-15H,3-5,8-9H2,1-2H3,(H,28,29). The number of aliphatic carboxylic acids is 1. The van der Waals surface area contributed by atoms with Crippen molar-refractivity contribution < 1.29 is 9.90 Å². The van der Waals surface area contributed by atoms with Crippen molar-refractivity contribution in [2.24, 2.45) is 0 Å². The number of hydrogen-bond donors (Lipinski definition) is 1. The highest BCUT2D eigenvalue weighted by molar-refractivity contribution is 5.90. The minimum absolute atomic E-state index is 0.205. The lowest BCUT2D eigenvalue weighted by Gasteiger charge is -2.16. The van der Waals surface area contributed by atoms with Crippen molar-refractivity contribution >= 4 is 22.4 Å². The third kappa shape index (κ3) is 3.73. The smallest absolute Gasteiger partial charge is 0.303 e. The Morgan fingerprint density at radius 2 is 2.00 bits per heavy atom. The molecule has 0 aliphatic carbocycles. The predicted molar refractivity (Wildman–Crippen MR) is 115 cm³/mol. The Kier molecular flexibility index (Phi) is 5.30. The summed E-state index contributed by atoms with van der Waals surface area (Å²) in [5, 5.41) is 14.9. The highest BCUT2D eigenvalue weighted by atomic mass is 16.4. The Morgan fingerprint density at radius 3 is 2.79 bits per heavy atom. The molecule has 0 aliphatic heterocycles. The summed E-state index contributed by atoms with van der Waals surface area (Å²) in [6, 6.07) is 14.7. The van der Waals surface area contributed by atoms with E-state index < -0.39 is 5.97 Å². The lowest BCUT2D eigenvalue weighted by atomic mass is 9.94. The Hall–Kier alpha value is -3.21. The van der Waals surface area contributed by atoms with Crippen molar-refractivity contribution in [3.63, 3.8) is 0 Å². The number of aromatic nitrogens is 3. The molecule has 0 unspecified atom stereocenters. The summed E-state index contributed by atoms with van der Waals surface area (Å²) in [7, 11) is 0. The van der Waals surface area contributed by atoms with Crippen LogP contribution < -0.4 is 0 Å². The first-order chi connectivity index (χ1) is 14.1. The molecule has 3 aromatic heterocycles. The van der Waals surface area contributed by atoms with Gasteiger partial charge in [-0.05, 0) is 74.1 Å². The number of aryl methyl sites for hydroxylation is 2. The van der Waals surface area contributed by atoms with Crippen LogP contribution in [-0.4, -0.2) is 25.7 Å². The van der Waals surface area contributed by atoms with E-state index in [9.17, 15) is 4.79 Å². The summed E-state index contributed by atoms with van der Waals surface area (Å²) in [6.45, 7) is 4.19. The molecule has 4 rings (SSSR count). The molecule has 0 amide bonds. The van der Waals surface area contributed by atoms with Crippen molar-refractivity contribution in [1.29, 1.82) is 0 Å². The molecule has 1 aromatic carbocycles. The minimum atomic E-state index is -0.739. The summed E-state index contributed by atoms with van der Waals surface area (Å²) in [6.07, 6.45) is 5.24. The van der Waals surface area contributed by atoms with Crippen molar-refractivity contribution in [1.82, 2.24) is 14.6 Å². The zero-order chi connectivity index (χ0) is 20.4. The molecule has 5 heteroatoms. The Balaban J connectivity index is 1.86. The fourth-order valence-corrected chi connectivity index (χ4v) is 4.03. The van der Waals surface area contributed by atoms with E-state index in [4.69, 9.17) is 10.2 Å². The molecule has 0 atom stereocenters. The summed E-state index contributed by atoms with van der Waals surface area (Å²) in [5.74, 6) is -0.739. The molecule has 0 saturated heterocycles. The fourth-order valence-electron chi connectivity index (χ4n) is 4.03. The molecule has 0 fully saturated rings. The molecule has 148 valence electrons. The van der Waals surface area contributed by atoms with E-state index >= 15 is 0 Å². The van der Waals surface area contributed by atoms with Gasteiger partial charge in [0.2, 0.25) is 0 Å². The molecule has 0 bridgehead atoms. The van der Waals surface area contributed by atoms with Gasteiger partial charge in [-0.2, -0.15) is 5.10 Å². The lowest BCUT2D eigenvalue weighted by molar-refractivity contribution is -0.137. The average molecular weight is 387 g/mol. The molecule has 3 heterocycles. The monoisotopic (exact) mass is 387 g/mol. The van der Waals surface area contributed by atoms with E-state index in [1.165, 1.54) is 16.8 Å². The van der Waals surface area contributed by atoms with Crippen LogP contribution in [0, 0.1) is 6.92 Å². The normalized spacial score (nSPS) is 11.4. The van der Waals surface area contributed by atoms with Gasteiger partial charge in [-0.25, -0.2) is 4.52 Å². The van der Waals surface area contributed by atoms with Crippen LogP contribution in [0.4, 0.5) is 0 Å². The highest BCUT2D eigenvalue weighted by Crippen LogP contribution is 2.34. The maximum absolute atomic E-state index is 10.9. The summed E-state index contributed by atoms with van der Waals surface area (Å²) in [4.78, 5) is 15.3. The number of carboxylic acids is 1. The van der Waals surface area contributed by atoms with Crippen molar-refractivity contribution in [3.8, 4) is 11.1 Å². The first-order valence-electron chi connectivity index (χ1n) is 10.2. The van der Waals surface area contributed by atoms with Crippen LogP contribution in [0.3, 0.4) is 0 Å². The van der Waals surface area contributed by atoms with Crippen molar-refractivity contribution in [3.05, 3.63) is 65.6 Å². The quantitative estimate of drug-likeness (QED) is 0.442. The second-order valence-corrected chi connectivity index (χ2v) is 7.43. The van der Waals surface area contributed by atoms with Crippen LogP contribution in [0.5, 0.6) is 0 Å². The van der Waals surface area contributed by atoms with E-state index in [2.05, 4.69) is 59.7 Å². The van der Waals surface area contributed by atoms with E-state index in [0.717, 1.165) is 46.9 Å². The van der Waals surface area contributed by atoms with Crippen molar-refractivity contribution in [2.45, 2.75) is 46.0 Å². The van der Waals surface area contributed by atoms with E-state index in [0.29, 0.717) is 6.42 Å². The lowest BCUT2D eigenvalue weighted by Crippen LogP contribution is -2.06. The molecule has 5 nitrogen and oxygen atoms in total. The second-order valence-electron chi connectivity index (χ2n) is 7.43. The second kappa shape index (κ2) is 8.03. The van der Waals surface area contributed by atoms with Crippen LogP contribution in [0.25, 0.3) is 27.5 Å². The van der Waals surface area contributed by atoms with Crippen molar-refractivity contribution in [2.75, 3.05) is 0 Å². The van der Waals surface area contributed by atoms with Crippen LogP contribution in [0.1, 0.15) is 43.1 Å². The van der Waals surface area contributed by atoms with Gasteiger partial charge in [0.1, 0.15) is 0 Å². The number of pyridine rings is 1. The van der Waals surface area contributed by atoms with Gasteiger partial charge in [0, 0.05) is 29.3 Å². The zero-order valence-electron chi connectivity index (χ0n) is 16.9. The van der Waals surface area contributed by atoms with Crippen LogP contribution >= 0.6 is 0 Å². The molecule has 0 spiro atoms. The predicted octanol–water partition coefficient (Wildman–Crippen LogP) is 5.22. The Bertz CT molecular complexity index is 1190. The third-order valence-corrected chi connectivity index (χ3v) is 5.50. The molecule has 0 saturated carbocycles. The van der Waals surface area contributed by atoms with E-state index in [1.807, 2.05) is 12.3 Å². The number of hydrogen-bond acceptors (Lipinski definition) is 3. The number of carboxylic acid groups (broad SMARTS) is 1. The van der Waals surface area contributed by atoms with Crippen LogP contribution in [-0.2, 0) is 17.6 Å². The van der Waals surface area contributed by atoms with Gasteiger partial charge < -0.3 is 5.11 Å². The minimum Gasteiger partial charge on any atom is -0.481 e. The Labute approximate surface area is 170 Å². The molecule has 0 radical (unpaired) electrons. The number of carbonyl (C=O) groups is 1. The summed E-state index contributed by atoms with van der Waals surface area (Å²) >= 11 is 0. The molecular weight excluding hydrogens is 362 g/mol. The summed E-state index contributed by atoms with van der Waals surface area (Å²) < 4.78 is 2.05. The van der Waals surface area contributed by atoms with Gasteiger partial charge in [0.05, 0.1) is 16.7 Å². The molecular formula is C24H25N3O2. The number of fused-ring (bicyclic) bond motifs is 2. The molecule has 1 N–H and O–H groups in total. The largest absolute Gasteiger partial charge is 0.481 e. The van der Waals surface area contributed by atoms with Gasteiger partial charge >= 0.3 is 5.97 Å². The van der Waals surface area contributed by atoms with Gasteiger partial charge in [0.15, 0.2) is 0 Å². The molecule has 4 aromatic rings. The van der Waals surface area contributed by atoms with Gasteiger partial charge in [0.25, 0.3) is 0 Å². The molecule has 0 aliphatic rings. The first-order valence-corrected chi connectivity index (χ1v) is 10.2. The fraction of sp³-hybridized carbons (Fsp3) is 0.292. The SMILES string of the molecule is CCc1ccc2c(-c3ccc4ncccc4c3)c(CCCCC(=O)O)c(C)nn12. The van der Waals surface area contributed by atoms with E-state index in [1.54, 1.807) is 0 Å². The highest BCUT2D eigenvalue weighted by Gasteiger charge is 2.17. The number of nitrogens with zero attached hydrogens (tertiary/aromatic N) is 3. The summed E-state index contributed by atoms with van der Waals surface area (Å²) in [5.41, 5.74) is 7.80. The van der Waals surface area contributed by atoms with Crippen LogP contribution in [0.2, 0.25) is 0 Å². The maximum atomic E-state index is 10.9. The maximum Gasteiger partial charge on any atom is 0.303 e. The number of unbranched alkanes of at least 4 members (excludes halogenated alkanes) is 1. The van der Waals surface area contributed by atoms with Crippen LogP contribution in [0.15, 0.2) is 48.7 Å². The number of benzene rings is 1. The molecule has 29 heavy (non-hydrogen) atoms.